The number of benzene rings is 1. The molecule has 0 amide bonds. The number of ether oxygens (including phenoxy) is 1. The highest BCUT2D eigenvalue weighted by Crippen LogP contribution is 2.26. The number of rotatable bonds is 4. The van der Waals surface area contributed by atoms with E-state index in [9.17, 15) is 5.11 Å². The van der Waals surface area contributed by atoms with Crippen LogP contribution in [-0.4, -0.2) is 17.3 Å². The molecule has 1 aliphatic carbocycles. The molecule has 1 aromatic rings. The van der Waals surface area contributed by atoms with Gasteiger partial charge in [-0.3, -0.25) is 0 Å². The predicted molar refractivity (Wildman–Crippen MR) is 69.4 cm³/mol. The number of aliphatic hydroxyl groups excluding tert-OH is 1. The molecule has 2 heteroatoms. The summed E-state index contributed by atoms with van der Waals surface area (Å²) in [5.41, 5.74) is 1.35. The van der Waals surface area contributed by atoms with Gasteiger partial charge in [0.1, 0.15) is 11.9 Å². The second-order valence-electron chi connectivity index (χ2n) is 5.03. The van der Waals surface area contributed by atoms with Gasteiger partial charge < -0.3 is 9.84 Å². The van der Waals surface area contributed by atoms with Crippen molar-refractivity contribution in [1.29, 1.82) is 0 Å². The lowest BCUT2D eigenvalue weighted by Gasteiger charge is -2.17. The van der Waals surface area contributed by atoms with Gasteiger partial charge in [0.05, 0.1) is 6.10 Å². The van der Waals surface area contributed by atoms with Crippen molar-refractivity contribution in [3.05, 3.63) is 29.8 Å². The average Bonchev–Trinajstić information content (AvgIpc) is 2.75. The maximum Gasteiger partial charge on any atom is 0.124 e. The first kappa shape index (κ1) is 12.4. The first-order valence-corrected chi connectivity index (χ1v) is 6.65. The fraction of sp³-hybridized carbons (Fsp3) is 0.600. The zero-order valence-electron chi connectivity index (χ0n) is 10.7. The molecule has 0 spiro atoms. The Hall–Kier alpha value is -1.02. The third-order valence-electron chi connectivity index (χ3n) is 3.77. The monoisotopic (exact) mass is 234 g/mol. The number of hydrogen-bond acceptors (Lipinski definition) is 2. The quantitative estimate of drug-likeness (QED) is 0.864. The third-order valence-corrected chi connectivity index (χ3v) is 3.77. The predicted octanol–water partition coefficient (Wildman–Crippen LogP) is 3.49. The molecule has 0 saturated heterocycles. The molecule has 2 nitrogen and oxygen atoms in total. The summed E-state index contributed by atoms with van der Waals surface area (Å²) in [6.07, 6.45) is 3.76. The van der Waals surface area contributed by atoms with E-state index in [-0.39, 0.29) is 12.2 Å². The van der Waals surface area contributed by atoms with Crippen LogP contribution in [0, 0.1) is 0 Å². The van der Waals surface area contributed by atoms with Gasteiger partial charge in [-0.25, -0.2) is 0 Å². The summed E-state index contributed by atoms with van der Waals surface area (Å²) in [5.74, 6) is 1.48. The Morgan fingerprint density at radius 1 is 1.29 bits per heavy atom. The Bertz CT molecular complexity index is 344. The molecular weight excluding hydrogens is 212 g/mol. The summed E-state index contributed by atoms with van der Waals surface area (Å²) < 4.78 is 5.81. The normalized spacial score (nSPS) is 25.8. The summed E-state index contributed by atoms with van der Waals surface area (Å²) in [6, 6.07) is 8.30. The van der Waals surface area contributed by atoms with Gasteiger partial charge >= 0.3 is 0 Å². The molecule has 1 unspecified atom stereocenters. The topological polar surface area (TPSA) is 29.5 Å². The van der Waals surface area contributed by atoms with E-state index in [1.165, 1.54) is 5.56 Å². The Morgan fingerprint density at radius 2 is 2.00 bits per heavy atom. The average molecular weight is 234 g/mol. The molecule has 1 aliphatic rings. The van der Waals surface area contributed by atoms with E-state index in [1.807, 2.05) is 12.1 Å². The summed E-state index contributed by atoms with van der Waals surface area (Å²) in [4.78, 5) is 0. The van der Waals surface area contributed by atoms with Gasteiger partial charge in [-0.15, -0.1) is 0 Å². The largest absolute Gasteiger partial charge is 0.488 e. The van der Waals surface area contributed by atoms with Crippen LogP contribution in [0.3, 0.4) is 0 Å². The highest BCUT2D eigenvalue weighted by Gasteiger charge is 2.26. The zero-order chi connectivity index (χ0) is 12.3. The Balaban J connectivity index is 1.98. The van der Waals surface area contributed by atoms with Crippen molar-refractivity contribution in [2.75, 3.05) is 0 Å². The van der Waals surface area contributed by atoms with Crippen LogP contribution in [0.2, 0.25) is 0 Å². The van der Waals surface area contributed by atoms with Crippen molar-refractivity contribution >= 4 is 0 Å². The molecule has 0 aliphatic heterocycles. The molecule has 17 heavy (non-hydrogen) atoms. The maximum absolute atomic E-state index is 9.71. The van der Waals surface area contributed by atoms with Crippen LogP contribution in [0.1, 0.15) is 51.0 Å². The van der Waals surface area contributed by atoms with Crippen LogP contribution in [0.15, 0.2) is 24.3 Å². The van der Waals surface area contributed by atoms with Crippen molar-refractivity contribution in [2.45, 2.75) is 57.7 Å². The lowest BCUT2D eigenvalue weighted by Crippen LogP contribution is -2.25. The molecule has 0 bridgehead atoms. The minimum absolute atomic E-state index is 0.00977. The molecule has 0 aromatic heterocycles. The van der Waals surface area contributed by atoms with Crippen LogP contribution < -0.4 is 4.74 Å². The van der Waals surface area contributed by atoms with Crippen LogP contribution in [0.4, 0.5) is 0 Å². The van der Waals surface area contributed by atoms with E-state index in [1.54, 1.807) is 0 Å². The summed E-state index contributed by atoms with van der Waals surface area (Å²) in [6.45, 7) is 4.43. The van der Waals surface area contributed by atoms with Gasteiger partial charge in [-0.1, -0.05) is 26.0 Å². The van der Waals surface area contributed by atoms with Crippen LogP contribution in [0.25, 0.3) is 0 Å². The van der Waals surface area contributed by atoms with Crippen molar-refractivity contribution in [2.24, 2.45) is 0 Å². The highest BCUT2D eigenvalue weighted by atomic mass is 16.5. The smallest absolute Gasteiger partial charge is 0.124 e. The molecule has 0 heterocycles. The molecule has 1 aromatic carbocycles. The van der Waals surface area contributed by atoms with Crippen LogP contribution in [-0.2, 0) is 0 Å². The van der Waals surface area contributed by atoms with Crippen LogP contribution >= 0.6 is 0 Å². The lowest BCUT2D eigenvalue weighted by atomic mass is 9.99. The summed E-state index contributed by atoms with van der Waals surface area (Å²) >= 11 is 0. The number of hydrogen-bond donors (Lipinski definition) is 1. The van der Waals surface area contributed by atoms with Gasteiger partial charge in [-0.2, -0.15) is 0 Å². The SMILES string of the molecule is CCC(C)c1ccc(O[C@@H]2CCC[C@H]2O)cc1. The molecule has 0 radical (unpaired) electrons. The van der Waals surface area contributed by atoms with E-state index in [4.69, 9.17) is 4.74 Å². The summed E-state index contributed by atoms with van der Waals surface area (Å²) in [5, 5.41) is 9.71. The Kier molecular flexibility index (Phi) is 4.06. The maximum atomic E-state index is 9.71. The fourth-order valence-electron chi connectivity index (χ4n) is 2.33. The first-order chi connectivity index (χ1) is 8.20. The van der Waals surface area contributed by atoms with Crippen molar-refractivity contribution < 1.29 is 9.84 Å². The van der Waals surface area contributed by atoms with Gasteiger partial charge in [0.15, 0.2) is 0 Å². The Labute approximate surface area is 104 Å². The molecular formula is C15H22O2. The van der Waals surface area contributed by atoms with Gasteiger partial charge in [0.25, 0.3) is 0 Å². The highest BCUT2D eigenvalue weighted by molar-refractivity contribution is 5.29. The molecule has 1 N–H and O–H groups in total. The van der Waals surface area contributed by atoms with Crippen molar-refractivity contribution in [3.8, 4) is 5.75 Å². The van der Waals surface area contributed by atoms with E-state index in [0.717, 1.165) is 31.4 Å². The fourth-order valence-corrected chi connectivity index (χ4v) is 2.33. The third kappa shape index (κ3) is 3.01. The second kappa shape index (κ2) is 5.54. The molecule has 1 fully saturated rings. The zero-order valence-corrected chi connectivity index (χ0v) is 10.7. The lowest BCUT2D eigenvalue weighted by molar-refractivity contribution is 0.0604. The number of aliphatic hydroxyl groups is 1. The molecule has 3 atom stereocenters. The molecule has 94 valence electrons. The molecule has 2 rings (SSSR count). The standard InChI is InChI=1S/C15H22O2/c1-3-11(2)12-7-9-13(10-8-12)17-15-6-4-5-14(15)16/h7-11,14-16H,3-6H2,1-2H3/t11?,14-,15-/m1/s1. The van der Waals surface area contributed by atoms with E-state index >= 15 is 0 Å². The van der Waals surface area contributed by atoms with Gasteiger partial charge in [-0.05, 0) is 49.3 Å². The Morgan fingerprint density at radius 3 is 2.53 bits per heavy atom. The minimum atomic E-state index is -0.288. The van der Waals surface area contributed by atoms with E-state index in [2.05, 4.69) is 26.0 Å². The van der Waals surface area contributed by atoms with Crippen LogP contribution in [0.5, 0.6) is 5.75 Å². The minimum Gasteiger partial charge on any atom is -0.488 e. The van der Waals surface area contributed by atoms with Gasteiger partial charge in [0, 0.05) is 0 Å². The van der Waals surface area contributed by atoms with E-state index in [0.29, 0.717) is 5.92 Å². The van der Waals surface area contributed by atoms with Crippen molar-refractivity contribution in [3.63, 3.8) is 0 Å². The summed E-state index contributed by atoms with van der Waals surface area (Å²) in [7, 11) is 0. The first-order valence-electron chi connectivity index (χ1n) is 6.65. The van der Waals surface area contributed by atoms with Gasteiger partial charge in [0.2, 0.25) is 0 Å². The second-order valence-corrected chi connectivity index (χ2v) is 5.03. The van der Waals surface area contributed by atoms with Crippen molar-refractivity contribution in [1.82, 2.24) is 0 Å². The van der Waals surface area contributed by atoms with E-state index < -0.39 is 0 Å². The molecule has 1 saturated carbocycles.